The Morgan fingerprint density at radius 2 is 1.52 bits per heavy atom. The lowest BCUT2D eigenvalue weighted by atomic mass is 9.96. The van der Waals surface area contributed by atoms with Gasteiger partial charge in [-0.05, 0) is 19.8 Å². The molecule has 1 N–H and O–H groups in total. The summed E-state index contributed by atoms with van der Waals surface area (Å²) in [4.78, 5) is 11.2. The molecular weight excluding hydrogens is 346 g/mol. The first-order valence-corrected chi connectivity index (χ1v) is 10.7. The molecular formula is C12H23N3O6S2. The topological polar surface area (TPSA) is 115 Å². The minimum Gasteiger partial charge on any atom is -0.481 e. The van der Waals surface area contributed by atoms with Crippen molar-refractivity contribution < 1.29 is 26.7 Å². The quantitative estimate of drug-likeness (QED) is 0.679. The fourth-order valence-corrected chi connectivity index (χ4v) is 5.65. The first-order chi connectivity index (χ1) is 10.5. The van der Waals surface area contributed by atoms with E-state index in [2.05, 4.69) is 0 Å². The minimum absolute atomic E-state index is 0.0366. The SMILES string of the molecule is CC1CCC(C(=O)O)CN1S(=O)(=O)N1CCN(S(C)(=O)=O)CC1. The van der Waals surface area contributed by atoms with Crippen LogP contribution in [0.3, 0.4) is 0 Å². The van der Waals surface area contributed by atoms with Crippen LogP contribution in [0.1, 0.15) is 19.8 Å². The van der Waals surface area contributed by atoms with Crippen LogP contribution in [0.15, 0.2) is 0 Å². The molecule has 134 valence electrons. The van der Waals surface area contributed by atoms with E-state index < -0.39 is 32.1 Å². The molecule has 0 aromatic heterocycles. The third-order valence-corrected chi connectivity index (χ3v) is 7.89. The first kappa shape index (κ1) is 18.6. The van der Waals surface area contributed by atoms with Gasteiger partial charge < -0.3 is 5.11 Å². The van der Waals surface area contributed by atoms with Gasteiger partial charge in [-0.2, -0.15) is 21.3 Å². The Morgan fingerprint density at radius 3 is 2.00 bits per heavy atom. The third-order valence-electron chi connectivity index (χ3n) is 4.46. The van der Waals surface area contributed by atoms with Crippen LogP contribution in [0.25, 0.3) is 0 Å². The van der Waals surface area contributed by atoms with E-state index >= 15 is 0 Å². The smallest absolute Gasteiger partial charge is 0.307 e. The summed E-state index contributed by atoms with van der Waals surface area (Å²) in [7, 11) is -7.12. The van der Waals surface area contributed by atoms with Crippen molar-refractivity contribution in [2.45, 2.75) is 25.8 Å². The molecule has 9 nitrogen and oxygen atoms in total. The summed E-state index contributed by atoms with van der Waals surface area (Å²) in [5.41, 5.74) is 0. The summed E-state index contributed by atoms with van der Waals surface area (Å²) in [6, 6.07) is -0.261. The van der Waals surface area contributed by atoms with Crippen molar-refractivity contribution in [1.82, 2.24) is 12.9 Å². The normalized spacial score (nSPS) is 29.5. The molecule has 2 aliphatic heterocycles. The molecule has 23 heavy (non-hydrogen) atoms. The number of aliphatic carboxylic acids is 1. The third kappa shape index (κ3) is 4.02. The number of hydrogen-bond donors (Lipinski definition) is 1. The zero-order valence-corrected chi connectivity index (χ0v) is 14.9. The average Bonchev–Trinajstić information content (AvgIpc) is 2.46. The fourth-order valence-electron chi connectivity index (χ4n) is 2.98. The minimum atomic E-state index is -3.79. The molecule has 0 saturated carbocycles. The molecule has 0 spiro atoms. The van der Waals surface area contributed by atoms with Gasteiger partial charge in [0.25, 0.3) is 10.2 Å². The Balaban J connectivity index is 2.11. The summed E-state index contributed by atoms with van der Waals surface area (Å²) in [5, 5.41) is 9.13. The second-order valence-electron chi connectivity index (χ2n) is 6.10. The van der Waals surface area contributed by atoms with Crippen LogP contribution in [-0.4, -0.2) is 85.8 Å². The van der Waals surface area contributed by atoms with Crippen molar-refractivity contribution in [2.75, 3.05) is 39.0 Å². The van der Waals surface area contributed by atoms with Gasteiger partial charge in [0.1, 0.15) is 0 Å². The molecule has 2 saturated heterocycles. The molecule has 2 heterocycles. The Kier molecular flexibility index (Phi) is 5.36. The molecule has 0 aromatic rings. The van der Waals surface area contributed by atoms with E-state index in [-0.39, 0.29) is 38.8 Å². The number of hydrogen-bond acceptors (Lipinski definition) is 5. The van der Waals surface area contributed by atoms with E-state index in [9.17, 15) is 21.6 Å². The van der Waals surface area contributed by atoms with E-state index in [0.29, 0.717) is 12.8 Å². The maximum atomic E-state index is 12.8. The summed E-state index contributed by atoms with van der Waals surface area (Å²) >= 11 is 0. The van der Waals surface area contributed by atoms with Gasteiger partial charge in [-0.1, -0.05) is 0 Å². The van der Waals surface area contributed by atoms with E-state index in [1.807, 2.05) is 0 Å². The average molecular weight is 369 g/mol. The molecule has 11 heteroatoms. The maximum absolute atomic E-state index is 12.8. The molecule has 0 aromatic carbocycles. The lowest BCUT2D eigenvalue weighted by molar-refractivity contribution is -0.143. The summed E-state index contributed by atoms with van der Waals surface area (Å²) in [6.07, 6.45) is 2.06. The van der Waals surface area contributed by atoms with Crippen LogP contribution in [0.2, 0.25) is 0 Å². The largest absolute Gasteiger partial charge is 0.481 e. The number of carboxylic acid groups (broad SMARTS) is 1. The van der Waals surface area contributed by atoms with Crippen molar-refractivity contribution in [2.24, 2.45) is 5.92 Å². The highest BCUT2D eigenvalue weighted by Gasteiger charge is 2.41. The van der Waals surface area contributed by atoms with E-state index in [0.717, 1.165) is 6.26 Å². The summed E-state index contributed by atoms with van der Waals surface area (Å²) < 4.78 is 52.3. The van der Waals surface area contributed by atoms with Crippen LogP contribution in [0.5, 0.6) is 0 Å². The zero-order valence-electron chi connectivity index (χ0n) is 13.3. The van der Waals surface area contributed by atoms with Crippen LogP contribution in [-0.2, 0) is 25.0 Å². The lowest BCUT2D eigenvalue weighted by Crippen LogP contribution is -2.57. The zero-order chi connectivity index (χ0) is 17.4. The van der Waals surface area contributed by atoms with Gasteiger partial charge in [0.05, 0.1) is 12.2 Å². The molecule has 2 fully saturated rings. The molecule has 2 rings (SSSR count). The van der Waals surface area contributed by atoms with Crippen LogP contribution >= 0.6 is 0 Å². The second kappa shape index (κ2) is 6.63. The molecule has 0 amide bonds. The molecule has 2 aliphatic rings. The van der Waals surface area contributed by atoms with E-state index in [1.165, 1.54) is 12.9 Å². The Labute approximate surface area is 137 Å². The van der Waals surface area contributed by atoms with Gasteiger partial charge in [-0.15, -0.1) is 0 Å². The molecule has 0 radical (unpaired) electrons. The molecule has 2 unspecified atom stereocenters. The van der Waals surface area contributed by atoms with Gasteiger partial charge in [-0.3, -0.25) is 4.79 Å². The van der Waals surface area contributed by atoms with Crippen molar-refractivity contribution in [3.8, 4) is 0 Å². The number of carbonyl (C=O) groups is 1. The molecule has 2 atom stereocenters. The number of piperidine rings is 1. The highest BCUT2D eigenvalue weighted by molar-refractivity contribution is 7.88. The standard InChI is InChI=1S/C12H23N3O6S2/c1-10-3-4-11(12(16)17)9-15(10)23(20,21)14-7-5-13(6-8-14)22(2,18)19/h10-11H,3-9H2,1-2H3,(H,16,17). The van der Waals surface area contributed by atoms with E-state index in [4.69, 9.17) is 5.11 Å². The van der Waals surface area contributed by atoms with Crippen LogP contribution in [0, 0.1) is 5.92 Å². The van der Waals surface area contributed by atoms with Crippen molar-refractivity contribution in [3.63, 3.8) is 0 Å². The first-order valence-electron chi connectivity index (χ1n) is 7.48. The van der Waals surface area contributed by atoms with Crippen LogP contribution in [0.4, 0.5) is 0 Å². The Hall–Kier alpha value is -0.750. The van der Waals surface area contributed by atoms with Crippen LogP contribution < -0.4 is 0 Å². The summed E-state index contributed by atoms with van der Waals surface area (Å²) in [5.74, 6) is -1.68. The van der Waals surface area contributed by atoms with Crippen molar-refractivity contribution in [3.05, 3.63) is 0 Å². The van der Waals surface area contributed by atoms with Crippen molar-refractivity contribution in [1.29, 1.82) is 0 Å². The van der Waals surface area contributed by atoms with Gasteiger partial charge in [0, 0.05) is 38.8 Å². The summed E-state index contributed by atoms with van der Waals surface area (Å²) in [6.45, 7) is 2.12. The van der Waals surface area contributed by atoms with E-state index in [1.54, 1.807) is 6.92 Å². The van der Waals surface area contributed by atoms with Gasteiger partial charge in [-0.25, -0.2) is 8.42 Å². The Morgan fingerprint density at radius 1 is 1.00 bits per heavy atom. The second-order valence-corrected chi connectivity index (χ2v) is 9.96. The molecule has 0 aliphatic carbocycles. The predicted octanol–water partition coefficient (Wildman–Crippen LogP) is -1.01. The lowest BCUT2D eigenvalue weighted by Gasteiger charge is -2.40. The number of carboxylic acids is 1. The number of nitrogens with zero attached hydrogens (tertiary/aromatic N) is 3. The van der Waals surface area contributed by atoms with Gasteiger partial charge in [0.2, 0.25) is 10.0 Å². The molecule has 0 bridgehead atoms. The highest BCUT2D eigenvalue weighted by Crippen LogP contribution is 2.27. The highest BCUT2D eigenvalue weighted by atomic mass is 32.2. The fraction of sp³-hybridized carbons (Fsp3) is 0.917. The number of sulfonamides is 1. The van der Waals surface area contributed by atoms with Crippen molar-refractivity contribution >= 4 is 26.2 Å². The number of rotatable bonds is 4. The maximum Gasteiger partial charge on any atom is 0.307 e. The van der Waals surface area contributed by atoms with Gasteiger partial charge >= 0.3 is 5.97 Å². The number of piperazine rings is 1. The van der Waals surface area contributed by atoms with Gasteiger partial charge in [0.15, 0.2) is 0 Å². The Bertz CT molecular complexity index is 654. The predicted molar refractivity (Wildman–Crippen MR) is 83.4 cm³/mol. The monoisotopic (exact) mass is 369 g/mol.